The summed E-state index contributed by atoms with van der Waals surface area (Å²) in [5.41, 5.74) is 0. The molecular weight excluding hydrogens is 304 g/mol. The van der Waals surface area contributed by atoms with Crippen molar-refractivity contribution in [2.75, 3.05) is 39.5 Å². The van der Waals surface area contributed by atoms with Crippen LogP contribution in [-0.4, -0.2) is 56.3 Å². The van der Waals surface area contributed by atoms with E-state index in [0.29, 0.717) is 10.8 Å². The van der Waals surface area contributed by atoms with Gasteiger partial charge in [-0.15, -0.1) is 0 Å². The lowest BCUT2D eigenvalue weighted by molar-refractivity contribution is -0.123. The molecule has 1 heterocycles. The second kappa shape index (κ2) is 8.98. The standard InChI is InChI=1S/C16H23ClN2O3/c1-13(6-7-19-8-10-21-11-9-19)18-16(20)12-22-15-4-2-14(17)3-5-15/h2-5,13H,6-12H2,1H3,(H,18,20)/t13-/m0/s1. The quantitative estimate of drug-likeness (QED) is 0.832. The molecule has 0 unspecified atom stereocenters. The molecule has 1 aliphatic rings. The topological polar surface area (TPSA) is 50.8 Å². The minimum atomic E-state index is -0.107. The normalized spacial score (nSPS) is 17.0. The van der Waals surface area contributed by atoms with Gasteiger partial charge in [-0.25, -0.2) is 0 Å². The molecule has 0 aliphatic carbocycles. The van der Waals surface area contributed by atoms with Crippen LogP contribution in [-0.2, 0) is 9.53 Å². The number of nitrogens with zero attached hydrogens (tertiary/aromatic N) is 1. The van der Waals surface area contributed by atoms with Crippen LogP contribution in [0, 0.1) is 0 Å². The second-order valence-corrected chi connectivity index (χ2v) is 5.89. The molecule has 1 atom stereocenters. The molecule has 122 valence electrons. The Kier molecular flexibility index (Phi) is 6.96. The molecule has 22 heavy (non-hydrogen) atoms. The molecule has 1 fully saturated rings. The van der Waals surface area contributed by atoms with Crippen LogP contribution in [0.3, 0.4) is 0 Å². The highest BCUT2D eigenvalue weighted by Crippen LogP contribution is 2.15. The monoisotopic (exact) mass is 326 g/mol. The van der Waals surface area contributed by atoms with E-state index in [0.717, 1.165) is 39.3 Å². The third-order valence-corrected chi connectivity index (χ3v) is 3.82. The van der Waals surface area contributed by atoms with Crippen LogP contribution in [0.4, 0.5) is 0 Å². The largest absolute Gasteiger partial charge is 0.484 e. The van der Waals surface area contributed by atoms with Crippen molar-refractivity contribution < 1.29 is 14.3 Å². The summed E-state index contributed by atoms with van der Waals surface area (Å²) < 4.78 is 10.7. The first-order valence-electron chi connectivity index (χ1n) is 7.61. The van der Waals surface area contributed by atoms with E-state index in [1.54, 1.807) is 24.3 Å². The Morgan fingerprint density at radius 3 is 2.73 bits per heavy atom. The van der Waals surface area contributed by atoms with E-state index in [1.165, 1.54) is 0 Å². The molecule has 6 heteroatoms. The predicted molar refractivity (Wildman–Crippen MR) is 86.4 cm³/mol. The van der Waals surface area contributed by atoms with E-state index < -0.39 is 0 Å². The zero-order valence-electron chi connectivity index (χ0n) is 12.9. The van der Waals surface area contributed by atoms with Gasteiger partial charge in [-0.05, 0) is 37.6 Å². The maximum Gasteiger partial charge on any atom is 0.258 e. The molecule has 0 aromatic heterocycles. The van der Waals surface area contributed by atoms with Crippen molar-refractivity contribution in [1.29, 1.82) is 0 Å². The summed E-state index contributed by atoms with van der Waals surface area (Å²) in [6.45, 7) is 6.55. The highest BCUT2D eigenvalue weighted by Gasteiger charge is 2.13. The summed E-state index contributed by atoms with van der Waals surface area (Å²) in [6, 6.07) is 7.10. The molecule has 0 radical (unpaired) electrons. The van der Waals surface area contributed by atoms with E-state index in [-0.39, 0.29) is 18.6 Å². The molecule has 1 aromatic carbocycles. The predicted octanol–water partition coefficient (Wildman–Crippen LogP) is 1.95. The first kappa shape index (κ1) is 17.1. The average Bonchev–Trinajstić information content (AvgIpc) is 2.53. The summed E-state index contributed by atoms with van der Waals surface area (Å²) >= 11 is 5.80. The Morgan fingerprint density at radius 2 is 2.05 bits per heavy atom. The van der Waals surface area contributed by atoms with Crippen molar-refractivity contribution in [3.8, 4) is 5.75 Å². The molecule has 1 aromatic rings. The van der Waals surface area contributed by atoms with Gasteiger partial charge in [-0.3, -0.25) is 9.69 Å². The number of morpholine rings is 1. The van der Waals surface area contributed by atoms with Gasteiger partial charge in [0, 0.05) is 30.7 Å². The lowest BCUT2D eigenvalue weighted by atomic mass is 10.2. The van der Waals surface area contributed by atoms with Gasteiger partial charge in [0.15, 0.2) is 6.61 Å². The molecule has 0 bridgehead atoms. The van der Waals surface area contributed by atoms with Gasteiger partial charge in [-0.2, -0.15) is 0 Å². The first-order chi connectivity index (χ1) is 10.6. The molecule has 1 N–H and O–H groups in total. The molecule has 2 rings (SSSR count). The maximum absolute atomic E-state index is 11.8. The molecule has 0 spiro atoms. The number of rotatable bonds is 7. The summed E-state index contributed by atoms with van der Waals surface area (Å²) in [5, 5.41) is 3.60. The minimum Gasteiger partial charge on any atom is -0.484 e. The SMILES string of the molecule is C[C@@H](CCN1CCOCC1)NC(=O)COc1ccc(Cl)cc1. The van der Waals surface area contributed by atoms with Gasteiger partial charge in [0.1, 0.15) is 5.75 Å². The lowest BCUT2D eigenvalue weighted by Gasteiger charge is -2.27. The average molecular weight is 327 g/mol. The number of carbonyl (C=O) groups is 1. The van der Waals surface area contributed by atoms with Crippen LogP contribution in [0.1, 0.15) is 13.3 Å². The molecule has 1 amide bonds. The van der Waals surface area contributed by atoms with Crippen LogP contribution in [0.5, 0.6) is 5.75 Å². The Labute approximate surface area is 136 Å². The van der Waals surface area contributed by atoms with Crippen LogP contribution < -0.4 is 10.1 Å². The Hall–Kier alpha value is -1.30. The van der Waals surface area contributed by atoms with Gasteiger partial charge in [0.25, 0.3) is 5.91 Å². The van der Waals surface area contributed by atoms with E-state index >= 15 is 0 Å². The smallest absolute Gasteiger partial charge is 0.258 e. The van der Waals surface area contributed by atoms with E-state index in [4.69, 9.17) is 21.1 Å². The molecule has 1 aliphatic heterocycles. The van der Waals surface area contributed by atoms with Crippen LogP contribution >= 0.6 is 11.6 Å². The fraction of sp³-hybridized carbons (Fsp3) is 0.562. The summed E-state index contributed by atoms with van der Waals surface area (Å²) in [5.74, 6) is 0.532. The lowest BCUT2D eigenvalue weighted by Crippen LogP contribution is -2.41. The Bertz CT molecular complexity index is 461. The van der Waals surface area contributed by atoms with Gasteiger partial charge >= 0.3 is 0 Å². The number of hydrogen-bond donors (Lipinski definition) is 1. The number of ether oxygens (including phenoxy) is 2. The molecule has 0 saturated carbocycles. The zero-order valence-corrected chi connectivity index (χ0v) is 13.6. The van der Waals surface area contributed by atoms with Crippen molar-refractivity contribution in [3.63, 3.8) is 0 Å². The molecular formula is C16H23ClN2O3. The van der Waals surface area contributed by atoms with Crippen molar-refractivity contribution in [2.45, 2.75) is 19.4 Å². The number of amides is 1. The maximum atomic E-state index is 11.8. The number of carbonyl (C=O) groups excluding carboxylic acids is 1. The summed E-state index contributed by atoms with van der Waals surface area (Å²) in [7, 11) is 0. The fourth-order valence-electron chi connectivity index (χ4n) is 2.27. The highest BCUT2D eigenvalue weighted by molar-refractivity contribution is 6.30. The Balaban J connectivity index is 1.62. The van der Waals surface area contributed by atoms with Crippen molar-refractivity contribution in [1.82, 2.24) is 10.2 Å². The van der Waals surface area contributed by atoms with Gasteiger partial charge in [0.2, 0.25) is 0 Å². The fourth-order valence-corrected chi connectivity index (χ4v) is 2.40. The zero-order chi connectivity index (χ0) is 15.8. The van der Waals surface area contributed by atoms with Gasteiger partial charge in [0.05, 0.1) is 13.2 Å². The van der Waals surface area contributed by atoms with E-state index in [9.17, 15) is 4.79 Å². The van der Waals surface area contributed by atoms with Gasteiger partial charge in [-0.1, -0.05) is 11.6 Å². The van der Waals surface area contributed by atoms with Crippen molar-refractivity contribution in [3.05, 3.63) is 29.3 Å². The molecule has 5 nitrogen and oxygen atoms in total. The number of nitrogens with one attached hydrogen (secondary N) is 1. The number of halogens is 1. The van der Waals surface area contributed by atoms with Crippen LogP contribution in [0.2, 0.25) is 5.02 Å². The van der Waals surface area contributed by atoms with Crippen molar-refractivity contribution in [2.24, 2.45) is 0 Å². The van der Waals surface area contributed by atoms with Gasteiger partial charge < -0.3 is 14.8 Å². The number of benzene rings is 1. The third-order valence-electron chi connectivity index (χ3n) is 3.57. The first-order valence-corrected chi connectivity index (χ1v) is 7.99. The third kappa shape index (κ3) is 6.22. The summed E-state index contributed by atoms with van der Waals surface area (Å²) in [6.07, 6.45) is 0.923. The van der Waals surface area contributed by atoms with E-state index in [1.807, 2.05) is 6.92 Å². The minimum absolute atomic E-state index is 0.0174. The number of hydrogen-bond acceptors (Lipinski definition) is 4. The Morgan fingerprint density at radius 1 is 1.36 bits per heavy atom. The second-order valence-electron chi connectivity index (χ2n) is 5.45. The summed E-state index contributed by atoms with van der Waals surface area (Å²) in [4.78, 5) is 14.2. The van der Waals surface area contributed by atoms with Crippen LogP contribution in [0.25, 0.3) is 0 Å². The van der Waals surface area contributed by atoms with Crippen molar-refractivity contribution >= 4 is 17.5 Å². The highest BCUT2D eigenvalue weighted by atomic mass is 35.5. The molecule has 1 saturated heterocycles. The van der Waals surface area contributed by atoms with E-state index in [2.05, 4.69) is 10.2 Å². The van der Waals surface area contributed by atoms with Crippen LogP contribution in [0.15, 0.2) is 24.3 Å².